The first-order valence-electron chi connectivity index (χ1n) is 12.0. The Balaban J connectivity index is 2.17. The van der Waals surface area contributed by atoms with Gasteiger partial charge in [-0.1, -0.05) is 34.6 Å². The number of benzene rings is 1. The van der Waals surface area contributed by atoms with E-state index in [9.17, 15) is 23.1 Å². The van der Waals surface area contributed by atoms with Gasteiger partial charge < -0.3 is 30.5 Å². The van der Waals surface area contributed by atoms with Crippen molar-refractivity contribution in [3.63, 3.8) is 0 Å². The number of hydrogen-bond donors (Lipinski definition) is 4. The SMILES string of the molecule is CNCC(=O)N[C@H](C(=O)N[C@@H](C)[C@H](O)CN(CC(C)C)S(=O)(=O)c1ccc2c(c1)OCO2)C(C)(C)C. The second-order valence-corrected chi connectivity index (χ2v) is 12.4. The highest BCUT2D eigenvalue weighted by atomic mass is 32.2. The van der Waals surface area contributed by atoms with E-state index in [4.69, 9.17) is 9.47 Å². The summed E-state index contributed by atoms with van der Waals surface area (Å²) >= 11 is 0. The largest absolute Gasteiger partial charge is 0.454 e. The number of fused-ring (bicyclic) bond motifs is 1. The first-order valence-corrected chi connectivity index (χ1v) is 13.4. The molecule has 3 atom stereocenters. The monoisotopic (exact) mass is 528 g/mol. The minimum Gasteiger partial charge on any atom is -0.454 e. The number of sulfonamides is 1. The van der Waals surface area contributed by atoms with E-state index in [2.05, 4.69) is 16.0 Å². The van der Waals surface area contributed by atoms with Crippen LogP contribution in [-0.2, 0) is 19.6 Å². The molecule has 1 aromatic carbocycles. The van der Waals surface area contributed by atoms with Gasteiger partial charge in [-0.15, -0.1) is 0 Å². The van der Waals surface area contributed by atoms with Gasteiger partial charge in [-0.05, 0) is 37.4 Å². The molecule has 204 valence electrons. The average molecular weight is 529 g/mol. The van der Waals surface area contributed by atoms with Crippen LogP contribution in [-0.4, -0.2) is 81.3 Å². The summed E-state index contributed by atoms with van der Waals surface area (Å²) in [7, 11) is -2.35. The lowest BCUT2D eigenvalue weighted by Crippen LogP contribution is -2.58. The summed E-state index contributed by atoms with van der Waals surface area (Å²) in [4.78, 5) is 25.1. The Morgan fingerprint density at radius 3 is 2.31 bits per heavy atom. The number of nitrogens with one attached hydrogen (secondary N) is 3. The molecule has 0 spiro atoms. The van der Waals surface area contributed by atoms with Crippen molar-refractivity contribution in [3.8, 4) is 11.5 Å². The Morgan fingerprint density at radius 2 is 1.72 bits per heavy atom. The van der Waals surface area contributed by atoms with E-state index in [0.717, 1.165) is 0 Å². The van der Waals surface area contributed by atoms with Gasteiger partial charge in [0.05, 0.1) is 23.6 Å². The third-order valence-corrected chi connectivity index (χ3v) is 7.49. The fourth-order valence-corrected chi connectivity index (χ4v) is 5.32. The van der Waals surface area contributed by atoms with Crippen LogP contribution in [0.5, 0.6) is 11.5 Å². The smallest absolute Gasteiger partial charge is 0.243 e. The van der Waals surface area contributed by atoms with E-state index < -0.39 is 39.5 Å². The Kier molecular flexibility index (Phi) is 10.1. The van der Waals surface area contributed by atoms with Crippen LogP contribution in [0.2, 0.25) is 0 Å². The summed E-state index contributed by atoms with van der Waals surface area (Å²) in [5, 5.41) is 19.1. The predicted molar refractivity (Wildman–Crippen MR) is 135 cm³/mol. The topological polar surface area (TPSA) is 146 Å². The molecular formula is C24H40N4O7S. The minimum atomic E-state index is -3.98. The molecule has 0 fully saturated rings. The van der Waals surface area contributed by atoms with Crippen LogP contribution >= 0.6 is 0 Å². The van der Waals surface area contributed by atoms with Gasteiger partial charge in [-0.2, -0.15) is 4.31 Å². The zero-order chi connectivity index (χ0) is 27.3. The number of amides is 2. The third kappa shape index (κ3) is 7.79. The van der Waals surface area contributed by atoms with Crippen molar-refractivity contribution in [2.75, 3.05) is 33.5 Å². The molecule has 1 aliphatic rings. The fourth-order valence-electron chi connectivity index (χ4n) is 3.68. The molecule has 0 bridgehead atoms. The Morgan fingerprint density at radius 1 is 1.08 bits per heavy atom. The predicted octanol–water partition coefficient (Wildman–Crippen LogP) is 0.678. The van der Waals surface area contributed by atoms with E-state index in [1.165, 1.54) is 22.5 Å². The van der Waals surface area contributed by atoms with Crippen molar-refractivity contribution >= 4 is 21.8 Å². The molecule has 0 saturated carbocycles. The molecule has 0 aliphatic carbocycles. The summed E-state index contributed by atoms with van der Waals surface area (Å²) in [6, 6.07) is 2.75. The van der Waals surface area contributed by atoms with Gasteiger partial charge in [0.15, 0.2) is 11.5 Å². The molecule has 4 N–H and O–H groups in total. The number of rotatable bonds is 12. The van der Waals surface area contributed by atoms with E-state index in [1.807, 2.05) is 34.6 Å². The molecule has 36 heavy (non-hydrogen) atoms. The van der Waals surface area contributed by atoms with Crippen molar-refractivity contribution in [2.45, 2.75) is 64.6 Å². The van der Waals surface area contributed by atoms with E-state index >= 15 is 0 Å². The molecule has 0 saturated heterocycles. The van der Waals surface area contributed by atoms with Crippen LogP contribution in [0.4, 0.5) is 0 Å². The molecule has 1 aromatic rings. The second-order valence-electron chi connectivity index (χ2n) is 10.5. The van der Waals surface area contributed by atoms with Crippen molar-refractivity contribution in [3.05, 3.63) is 18.2 Å². The second kappa shape index (κ2) is 12.2. The first-order chi connectivity index (χ1) is 16.7. The maximum Gasteiger partial charge on any atom is 0.243 e. The molecular weight excluding hydrogens is 488 g/mol. The summed E-state index contributed by atoms with van der Waals surface area (Å²) < 4.78 is 38.7. The maximum atomic E-state index is 13.4. The lowest BCUT2D eigenvalue weighted by atomic mass is 9.85. The number of hydrogen-bond acceptors (Lipinski definition) is 8. The average Bonchev–Trinajstić information content (AvgIpc) is 3.23. The van der Waals surface area contributed by atoms with Gasteiger partial charge in [0.1, 0.15) is 6.04 Å². The van der Waals surface area contributed by atoms with E-state index in [0.29, 0.717) is 11.5 Å². The quantitative estimate of drug-likeness (QED) is 0.310. The number of aliphatic hydroxyl groups is 1. The molecule has 0 unspecified atom stereocenters. The Labute approximate surface area is 214 Å². The number of carbonyl (C=O) groups excluding carboxylic acids is 2. The maximum absolute atomic E-state index is 13.4. The van der Waals surface area contributed by atoms with Crippen molar-refractivity contribution in [2.24, 2.45) is 11.3 Å². The van der Waals surface area contributed by atoms with Gasteiger partial charge in [0.2, 0.25) is 28.6 Å². The van der Waals surface area contributed by atoms with Crippen LogP contribution < -0.4 is 25.4 Å². The number of likely N-dealkylation sites (N-methyl/N-ethyl adjacent to an activating group) is 1. The molecule has 1 heterocycles. The van der Waals surface area contributed by atoms with Crippen LogP contribution in [0, 0.1) is 11.3 Å². The number of aliphatic hydroxyl groups excluding tert-OH is 1. The molecule has 2 amide bonds. The Bertz CT molecular complexity index is 1020. The highest BCUT2D eigenvalue weighted by molar-refractivity contribution is 7.89. The van der Waals surface area contributed by atoms with E-state index in [1.54, 1.807) is 14.0 Å². The summed E-state index contributed by atoms with van der Waals surface area (Å²) in [6.07, 6.45) is -1.20. The van der Waals surface area contributed by atoms with Crippen LogP contribution in [0.3, 0.4) is 0 Å². The molecule has 1 aliphatic heterocycles. The highest BCUT2D eigenvalue weighted by Crippen LogP contribution is 2.34. The molecule has 0 radical (unpaired) electrons. The fraction of sp³-hybridized carbons (Fsp3) is 0.667. The van der Waals surface area contributed by atoms with Crippen LogP contribution in [0.25, 0.3) is 0 Å². The summed E-state index contributed by atoms with van der Waals surface area (Å²) in [5.41, 5.74) is -0.593. The molecule has 11 nitrogen and oxygen atoms in total. The lowest BCUT2D eigenvalue weighted by molar-refractivity contribution is -0.132. The van der Waals surface area contributed by atoms with Gasteiger partial charge >= 0.3 is 0 Å². The van der Waals surface area contributed by atoms with Gasteiger partial charge in [-0.25, -0.2) is 8.42 Å². The lowest BCUT2D eigenvalue weighted by Gasteiger charge is -2.33. The molecule has 0 aromatic heterocycles. The highest BCUT2D eigenvalue weighted by Gasteiger charge is 2.35. The Hall–Kier alpha value is -2.41. The van der Waals surface area contributed by atoms with Crippen LogP contribution in [0.1, 0.15) is 41.5 Å². The third-order valence-electron chi connectivity index (χ3n) is 5.66. The van der Waals surface area contributed by atoms with Gasteiger partial charge in [-0.3, -0.25) is 9.59 Å². The van der Waals surface area contributed by atoms with Crippen LogP contribution in [0.15, 0.2) is 23.1 Å². The number of carbonyl (C=O) groups is 2. The zero-order valence-electron chi connectivity index (χ0n) is 22.1. The van der Waals surface area contributed by atoms with Gasteiger partial charge in [0, 0.05) is 19.2 Å². The number of nitrogens with zero attached hydrogens (tertiary/aromatic N) is 1. The molecule has 2 rings (SSSR count). The van der Waals surface area contributed by atoms with E-state index in [-0.39, 0.29) is 43.1 Å². The summed E-state index contributed by atoms with van der Waals surface area (Å²) in [6.45, 7) is 10.8. The first kappa shape index (κ1) is 29.8. The normalized spacial score (nSPS) is 16.1. The van der Waals surface area contributed by atoms with Crippen molar-refractivity contribution < 1.29 is 32.6 Å². The molecule has 12 heteroatoms. The standard InChI is InChI=1S/C24H40N4O7S/c1-15(2)12-28(36(32,33)17-8-9-19-20(10-17)35-14-34-19)13-18(29)16(3)26-23(31)22(24(4,5)6)27-21(30)11-25-7/h8-10,15-16,18,22,25,29H,11-14H2,1-7H3,(H,26,31)(H,27,30)/t16-,18+,22+/m0/s1. The van der Waals surface area contributed by atoms with Crippen molar-refractivity contribution in [1.82, 2.24) is 20.3 Å². The number of ether oxygens (including phenoxy) is 2. The van der Waals surface area contributed by atoms with Gasteiger partial charge in [0.25, 0.3) is 0 Å². The minimum absolute atomic E-state index is 0.0152. The zero-order valence-corrected chi connectivity index (χ0v) is 22.9. The summed E-state index contributed by atoms with van der Waals surface area (Å²) in [5.74, 6) is -0.00368. The van der Waals surface area contributed by atoms with Crippen molar-refractivity contribution in [1.29, 1.82) is 0 Å².